The number of hydrogen-bond donors (Lipinski definition) is 1. The van der Waals surface area contributed by atoms with Crippen molar-refractivity contribution in [2.75, 3.05) is 6.54 Å². The Labute approximate surface area is 112 Å². The summed E-state index contributed by atoms with van der Waals surface area (Å²) in [5.74, 6) is -0.155. The number of benzene rings is 1. The second-order valence-electron chi connectivity index (χ2n) is 5.35. The summed E-state index contributed by atoms with van der Waals surface area (Å²) in [7, 11) is 0. The Balaban J connectivity index is 2.40. The molecule has 0 bridgehead atoms. The smallest absolute Gasteiger partial charge is 0.183 e. The maximum atomic E-state index is 14.0. The lowest BCUT2D eigenvalue weighted by Gasteiger charge is -2.38. The number of halogens is 2. The van der Waals surface area contributed by atoms with Crippen molar-refractivity contribution >= 4 is 11.6 Å². The van der Waals surface area contributed by atoms with Gasteiger partial charge in [-0.05, 0) is 32.9 Å². The first-order valence-corrected chi connectivity index (χ1v) is 6.72. The summed E-state index contributed by atoms with van der Waals surface area (Å²) in [5, 5.41) is 3.55. The molecule has 1 aromatic carbocycles. The van der Waals surface area contributed by atoms with Crippen LogP contribution in [0, 0.1) is 5.82 Å². The quantitative estimate of drug-likeness (QED) is 0.894. The van der Waals surface area contributed by atoms with Gasteiger partial charge in [0.25, 0.3) is 0 Å². The summed E-state index contributed by atoms with van der Waals surface area (Å²) in [6.07, 6.45) is 1.87. The van der Waals surface area contributed by atoms with E-state index in [1.807, 2.05) is 19.9 Å². The highest BCUT2D eigenvalue weighted by molar-refractivity contribution is 6.30. The van der Waals surface area contributed by atoms with Crippen LogP contribution in [0.1, 0.15) is 45.2 Å². The van der Waals surface area contributed by atoms with Gasteiger partial charge in [0.1, 0.15) is 5.60 Å². The highest BCUT2D eigenvalue weighted by Gasteiger charge is 2.35. The van der Waals surface area contributed by atoms with E-state index in [2.05, 4.69) is 12.2 Å². The molecule has 18 heavy (non-hydrogen) atoms. The summed E-state index contributed by atoms with van der Waals surface area (Å²) in [6, 6.07) is 3.57. The van der Waals surface area contributed by atoms with Crippen LogP contribution in [-0.2, 0) is 0 Å². The molecule has 2 rings (SSSR count). The Kier molecular flexibility index (Phi) is 3.83. The maximum absolute atomic E-state index is 14.0. The van der Waals surface area contributed by atoms with Crippen LogP contribution in [0.3, 0.4) is 0 Å². The number of rotatable bonds is 3. The van der Waals surface area contributed by atoms with E-state index in [0.29, 0.717) is 5.75 Å². The molecule has 0 aromatic heterocycles. The third-order valence-corrected chi connectivity index (χ3v) is 3.46. The fourth-order valence-corrected chi connectivity index (χ4v) is 2.49. The van der Waals surface area contributed by atoms with Gasteiger partial charge in [-0.1, -0.05) is 24.6 Å². The lowest BCUT2D eigenvalue weighted by molar-refractivity contribution is 0.0609. The highest BCUT2D eigenvalue weighted by Crippen LogP contribution is 2.42. The molecule has 0 amide bonds. The fourth-order valence-electron chi connectivity index (χ4n) is 2.35. The standard InChI is InChI=1S/C14H19ClFNO/c1-4-7-17-11-8-14(2,3)18-13-9(11)5-6-10(15)12(13)16/h5-6,11,17H,4,7-8H2,1-3H3. The summed E-state index contributed by atoms with van der Waals surface area (Å²) < 4.78 is 19.8. The molecule has 1 unspecified atom stereocenters. The van der Waals surface area contributed by atoms with Crippen molar-refractivity contribution in [3.05, 3.63) is 28.5 Å². The van der Waals surface area contributed by atoms with Crippen molar-refractivity contribution in [2.24, 2.45) is 0 Å². The Morgan fingerprint density at radius 3 is 2.89 bits per heavy atom. The van der Waals surface area contributed by atoms with Gasteiger partial charge in [0.05, 0.1) is 5.02 Å². The number of hydrogen-bond acceptors (Lipinski definition) is 2. The Morgan fingerprint density at radius 2 is 2.22 bits per heavy atom. The zero-order valence-electron chi connectivity index (χ0n) is 11.0. The van der Waals surface area contributed by atoms with Crippen molar-refractivity contribution in [3.63, 3.8) is 0 Å². The molecule has 1 heterocycles. The van der Waals surface area contributed by atoms with E-state index in [4.69, 9.17) is 16.3 Å². The summed E-state index contributed by atoms with van der Waals surface area (Å²) in [6.45, 7) is 6.96. The van der Waals surface area contributed by atoms with Crippen LogP contribution in [0.4, 0.5) is 4.39 Å². The lowest BCUT2D eigenvalue weighted by atomic mass is 9.89. The Bertz CT molecular complexity index is 448. The largest absolute Gasteiger partial charge is 0.484 e. The molecule has 1 N–H and O–H groups in total. The first kappa shape index (κ1) is 13.6. The number of nitrogens with one attached hydrogen (secondary N) is 1. The average molecular weight is 272 g/mol. The molecule has 1 aromatic rings. The first-order chi connectivity index (χ1) is 8.44. The van der Waals surface area contributed by atoms with E-state index in [1.54, 1.807) is 6.07 Å². The molecule has 2 nitrogen and oxygen atoms in total. The first-order valence-electron chi connectivity index (χ1n) is 6.35. The van der Waals surface area contributed by atoms with Gasteiger partial charge in [-0.25, -0.2) is 4.39 Å². The van der Waals surface area contributed by atoms with Gasteiger partial charge in [-0.15, -0.1) is 0 Å². The van der Waals surface area contributed by atoms with Crippen molar-refractivity contribution in [1.29, 1.82) is 0 Å². The lowest BCUT2D eigenvalue weighted by Crippen LogP contribution is -2.40. The monoisotopic (exact) mass is 271 g/mol. The maximum Gasteiger partial charge on any atom is 0.183 e. The molecule has 0 saturated carbocycles. The predicted octanol–water partition coefficient (Wildman–Crippen LogP) is 4.08. The third-order valence-electron chi connectivity index (χ3n) is 3.17. The third kappa shape index (κ3) is 2.62. The highest BCUT2D eigenvalue weighted by atomic mass is 35.5. The minimum atomic E-state index is -0.453. The molecule has 100 valence electrons. The van der Waals surface area contributed by atoms with E-state index in [0.717, 1.165) is 24.9 Å². The van der Waals surface area contributed by atoms with Crippen LogP contribution in [0.5, 0.6) is 5.75 Å². The molecule has 0 radical (unpaired) electrons. The molecule has 1 aliphatic rings. The van der Waals surface area contributed by atoms with Gasteiger partial charge in [-0.3, -0.25) is 0 Å². The van der Waals surface area contributed by atoms with Crippen molar-refractivity contribution in [3.8, 4) is 5.75 Å². The second kappa shape index (κ2) is 5.06. The van der Waals surface area contributed by atoms with Gasteiger partial charge in [0, 0.05) is 18.0 Å². The molecular weight excluding hydrogens is 253 g/mol. The van der Waals surface area contributed by atoms with E-state index < -0.39 is 5.82 Å². The van der Waals surface area contributed by atoms with Crippen LogP contribution in [0.25, 0.3) is 0 Å². The van der Waals surface area contributed by atoms with E-state index in [1.165, 1.54) is 0 Å². The Morgan fingerprint density at radius 1 is 1.50 bits per heavy atom. The Hall–Kier alpha value is -0.800. The minimum Gasteiger partial charge on any atom is -0.484 e. The fraction of sp³-hybridized carbons (Fsp3) is 0.571. The molecule has 0 aliphatic carbocycles. The summed E-state index contributed by atoms with van der Waals surface area (Å²) in [5.41, 5.74) is 0.480. The van der Waals surface area contributed by atoms with Crippen LogP contribution >= 0.6 is 11.6 Å². The summed E-state index contributed by atoms with van der Waals surface area (Å²) >= 11 is 5.82. The van der Waals surface area contributed by atoms with Crippen LogP contribution < -0.4 is 10.1 Å². The van der Waals surface area contributed by atoms with Crippen LogP contribution in [0.15, 0.2) is 12.1 Å². The second-order valence-corrected chi connectivity index (χ2v) is 5.76. The van der Waals surface area contributed by atoms with E-state index in [9.17, 15) is 4.39 Å². The molecule has 1 aliphatic heterocycles. The van der Waals surface area contributed by atoms with Crippen molar-refractivity contribution in [2.45, 2.75) is 45.3 Å². The SMILES string of the molecule is CCCNC1CC(C)(C)Oc2c1ccc(Cl)c2F. The number of ether oxygens (including phenoxy) is 1. The van der Waals surface area contributed by atoms with Crippen LogP contribution in [-0.4, -0.2) is 12.1 Å². The molecule has 0 fully saturated rings. The van der Waals surface area contributed by atoms with E-state index in [-0.39, 0.29) is 16.7 Å². The van der Waals surface area contributed by atoms with Crippen molar-refractivity contribution in [1.82, 2.24) is 5.32 Å². The zero-order chi connectivity index (χ0) is 13.3. The van der Waals surface area contributed by atoms with Gasteiger partial charge >= 0.3 is 0 Å². The normalized spacial score (nSPS) is 21.3. The van der Waals surface area contributed by atoms with E-state index >= 15 is 0 Å². The van der Waals surface area contributed by atoms with Crippen LogP contribution in [0.2, 0.25) is 5.02 Å². The van der Waals surface area contributed by atoms with Gasteiger partial charge < -0.3 is 10.1 Å². The minimum absolute atomic E-state index is 0.112. The molecule has 0 saturated heterocycles. The van der Waals surface area contributed by atoms with Crippen molar-refractivity contribution < 1.29 is 9.13 Å². The zero-order valence-corrected chi connectivity index (χ0v) is 11.8. The summed E-state index contributed by atoms with van der Waals surface area (Å²) in [4.78, 5) is 0. The average Bonchev–Trinajstić information content (AvgIpc) is 2.30. The number of fused-ring (bicyclic) bond motifs is 1. The topological polar surface area (TPSA) is 21.3 Å². The molecular formula is C14H19ClFNO. The molecule has 4 heteroatoms. The predicted molar refractivity (Wildman–Crippen MR) is 71.8 cm³/mol. The van der Waals surface area contributed by atoms with Gasteiger partial charge in [-0.2, -0.15) is 0 Å². The molecule has 1 atom stereocenters. The van der Waals surface area contributed by atoms with Gasteiger partial charge in [0.2, 0.25) is 0 Å². The molecule has 0 spiro atoms. The van der Waals surface area contributed by atoms with Gasteiger partial charge in [0.15, 0.2) is 11.6 Å².